The monoisotopic (exact) mass is 204 g/mol. The Labute approximate surface area is 87.4 Å². The highest BCUT2D eigenvalue weighted by Crippen LogP contribution is 2.28. The molecule has 0 unspecified atom stereocenters. The molecule has 0 fully saturated rings. The number of hydrogen-bond acceptors (Lipinski definition) is 3. The maximum Gasteiger partial charge on any atom is 0.132 e. The molecule has 0 saturated heterocycles. The number of benzene rings is 1. The molecule has 0 radical (unpaired) electrons. The van der Waals surface area contributed by atoms with E-state index >= 15 is 0 Å². The van der Waals surface area contributed by atoms with Crippen molar-refractivity contribution in [3.05, 3.63) is 34.9 Å². The summed E-state index contributed by atoms with van der Waals surface area (Å²) in [5.41, 5.74) is 2.35. The highest BCUT2D eigenvalue weighted by Gasteiger charge is 2.09. The van der Waals surface area contributed by atoms with Crippen molar-refractivity contribution in [1.82, 2.24) is 4.57 Å². The molecule has 78 valence electrons. The van der Waals surface area contributed by atoms with Crippen LogP contribution < -0.4 is 0 Å². The fourth-order valence-electron chi connectivity index (χ4n) is 1.81. The lowest BCUT2D eigenvalue weighted by Gasteiger charge is -2.06. The van der Waals surface area contributed by atoms with Gasteiger partial charge in [-0.3, -0.25) is 0 Å². The molecule has 0 bridgehead atoms. The number of para-hydroxylation sites is 1. The summed E-state index contributed by atoms with van der Waals surface area (Å²) >= 11 is 0. The smallest absolute Gasteiger partial charge is 0.132 e. The third kappa shape index (κ3) is 1.53. The van der Waals surface area contributed by atoms with Crippen LogP contribution in [0.1, 0.15) is 5.69 Å². The number of nitroso groups, excluding NO2 is 1. The summed E-state index contributed by atoms with van der Waals surface area (Å²) in [6.07, 6.45) is 0. The van der Waals surface area contributed by atoms with E-state index in [0.717, 1.165) is 16.6 Å². The Kier molecular flexibility index (Phi) is 2.51. The zero-order chi connectivity index (χ0) is 10.8. The largest absolute Gasteiger partial charge is 0.364 e. The molecule has 0 N–H and O–H groups in total. The number of ether oxygens (including phenoxy) is 1. The Morgan fingerprint density at radius 2 is 2.27 bits per heavy atom. The van der Waals surface area contributed by atoms with E-state index in [9.17, 15) is 4.91 Å². The van der Waals surface area contributed by atoms with Gasteiger partial charge in [-0.2, -0.15) is 0 Å². The second kappa shape index (κ2) is 3.82. The van der Waals surface area contributed by atoms with E-state index in [2.05, 4.69) is 5.18 Å². The van der Waals surface area contributed by atoms with E-state index in [0.29, 0.717) is 12.4 Å². The van der Waals surface area contributed by atoms with Crippen LogP contribution in [0.3, 0.4) is 0 Å². The van der Waals surface area contributed by atoms with Gasteiger partial charge in [-0.05, 0) is 24.2 Å². The summed E-state index contributed by atoms with van der Waals surface area (Å²) in [5.74, 6) is 0. The first-order valence-corrected chi connectivity index (χ1v) is 4.69. The van der Waals surface area contributed by atoms with Gasteiger partial charge in [-0.1, -0.05) is 12.1 Å². The van der Waals surface area contributed by atoms with Gasteiger partial charge < -0.3 is 9.30 Å². The normalized spacial score (nSPS) is 10.8. The molecule has 1 aromatic carbocycles. The number of hydrogen-bond donors (Lipinski definition) is 0. The molecule has 4 nitrogen and oxygen atoms in total. The molecule has 1 heterocycles. The summed E-state index contributed by atoms with van der Waals surface area (Å²) in [6, 6.07) is 7.52. The summed E-state index contributed by atoms with van der Waals surface area (Å²) in [4.78, 5) is 10.7. The van der Waals surface area contributed by atoms with Crippen molar-refractivity contribution >= 4 is 16.6 Å². The first-order chi connectivity index (χ1) is 7.27. The van der Waals surface area contributed by atoms with Crippen LogP contribution in [0, 0.1) is 11.8 Å². The molecule has 15 heavy (non-hydrogen) atoms. The van der Waals surface area contributed by atoms with Crippen LogP contribution >= 0.6 is 0 Å². The third-order valence-corrected chi connectivity index (χ3v) is 2.46. The van der Waals surface area contributed by atoms with Gasteiger partial charge in [0.05, 0.1) is 5.52 Å². The second-order valence-corrected chi connectivity index (χ2v) is 3.44. The molecule has 0 amide bonds. The number of nitrogens with zero attached hydrogens (tertiary/aromatic N) is 2. The minimum absolute atomic E-state index is 0.432. The van der Waals surface area contributed by atoms with Gasteiger partial charge in [0.1, 0.15) is 12.4 Å². The fourth-order valence-corrected chi connectivity index (χ4v) is 1.81. The van der Waals surface area contributed by atoms with Crippen molar-refractivity contribution in [3.8, 4) is 0 Å². The van der Waals surface area contributed by atoms with Crippen molar-refractivity contribution in [2.45, 2.75) is 13.7 Å². The average Bonchev–Trinajstić information content (AvgIpc) is 2.56. The number of rotatable bonds is 3. The van der Waals surface area contributed by atoms with Gasteiger partial charge in [0.2, 0.25) is 0 Å². The molecule has 2 aromatic rings. The van der Waals surface area contributed by atoms with Crippen LogP contribution in [0.5, 0.6) is 0 Å². The zero-order valence-corrected chi connectivity index (χ0v) is 8.73. The minimum atomic E-state index is 0.432. The summed E-state index contributed by atoms with van der Waals surface area (Å²) in [7, 11) is 1.63. The van der Waals surface area contributed by atoms with E-state index in [4.69, 9.17) is 4.74 Å². The molecule has 0 saturated carbocycles. The highest BCUT2D eigenvalue weighted by molar-refractivity contribution is 5.91. The molecule has 1 aromatic heterocycles. The highest BCUT2D eigenvalue weighted by atomic mass is 16.5. The van der Waals surface area contributed by atoms with Crippen molar-refractivity contribution in [2.24, 2.45) is 5.18 Å². The Balaban J connectivity index is 2.76. The maximum atomic E-state index is 10.7. The number of fused-ring (bicyclic) bond motifs is 1. The molecule has 4 heteroatoms. The first-order valence-electron chi connectivity index (χ1n) is 4.69. The van der Waals surface area contributed by atoms with E-state index in [1.807, 2.05) is 29.7 Å². The molecule has 2 rings (SSSR count). The first kappa shape index (κ1) is 9.86. The van der Waals surface area contributed by atoms with Gasteiger partial charge in [-0.25, -0.2) is 0 Å². The predicted molar refractivity (Wildman–Crippen MR) is 59.1 cm³/mol. The quantitative estimate of drug-likeness (QED) is 0.721. The second-order valence-electron chi connectivity index (χ2n) is 3.44. The van der Waals surface area contributed by atoms with Gasteiger partial charge in [-0.15, -0.1) is 4.91 Å². The zero-order valence-electron chi connectivity index (χ0n) is 8.73. The Bertz CT molecular complexity index is 503. The topological polar surface area (TPSA) is 43.6 Å². The third-order valence-electron chi connectivity index (χ3n) is 2.46. The summed E-state index contributed by atoms with van der Waals surface area (Å²) in [5, 5.41) is 4.04. The standard InChI is InChI=1S/C11H12N2O2/c1-8-6-9-4-3-5-10(12-14)11(9)13(8)7-15-2/h3-6H,7H2,1-2H3. The molecular formula is C11H12N2O2. The van der Waals surface area contributed by atoms with Crippen molar-refractivity contribution < 1.29 is 4.74 Å². The number of aryl methyl sites for hydroxylation is 1. The van der Waals surface area contributed by atoms with Crippen LogP contribution in [0.25, 0.3) is 10.9 Å². The summed E-state index contributed by atoms with van der Waals surface area (Å²) < 4.78 is 7.03. The minimum Gasteiger partial charge on any atom is -0.364 e. The fraction of sp³-hybridized carbons (Fsp3) is 0.273. The van der Waals surface area contributed by atoms with E-state index in [1.54, 1.807) is 13.2 Å². The molecule has 0 atom stereocenters. The lowest BCUT2D eigenvalue weighted by atomic mass is 10.2. The van der Waals surface area contributed by atoms with Crippen LogP contribution in [0.15, 0.2) is 29.4 Å². The lowest BCUT2D eigenvalue weighted by Crippen LogP contribution is -2.01. The predicted octanol–water partition coefficient (Wildman–Crippen LogP) is 2.95. The van der Waals surface area contributed by atoms with Gasteiger partial charge in [0.15, 0.2) is 0 Å². The van der Waals surface area contributed by atoms with Crippen LogP contribution in [-0.2, 0) is 11.5 Å². The Morgan fingerprint density at radius 1 is 1.47 bits per heavy atom. The average molecular weight is 204 g/mol. The van der Waals surface area contributed by atoms with E-state index < -0.39 is 0 Å². The van der Waals surface area contributed by atoms with Crippen LogP contribution in [0.2, 0.25) is 0 Å². The SMILES string of the molecule is COCn1c(C)cc2cccc(N=O)c21. The number of aromatic nitrogens is 1. The van der Waals surface area contributed by atoms with E-state index in [1.165, 1.54) is 0 Å². The van der Waals surface area contributed by atoms with Crippen LogP contribution in [-0.4, -0.2) is 11.7 Å². The maximum absolute atomic E-state index is 10.7. The molecular weight excluding hydrogens is 192 g/mol. The molecule has 0 aliphatic heterocycles. The molecule has 0 spiro atoms. The molecule has 0 aliphatic carbocycles. The Hall–Kier alpha value is -1.68. The summed E-state index contributed by atoms with van der Waals surface area (Å²) in [6.45, 7) is 2.41. The van der Waals surface area contributed by atoms with Gasteiger partial charge in [0.25, 0.3) is 0 Å². The van der Waals surface area contributed by atoms with Gasteiger partial charge >= 0.3 is 0 Å². The van der Waals surface area contributed by atoms with Gasteiger partial charge in [0, 0.05) is 18.2 Å². The lowest BCUT2D eigenvalue weighted by molar-refractivity contribution is 0.133. The van der Waals surface area contributed by atoms with Crippen molar-refractivity contribution in [3.63, 3.8) is 0 Å². The van der Waals surface area contributed by atoms with E-state index in [-0.39, 0.29) is 0 Å². The van der Waals surface area contributed by atoms with Crippen LogP contribution in [0.4, 0.5) is 5.69 Å². The molecule has 0 aliphatic rings. The van der Waals surface area contributed by atoms with Crippen molar-refractivity contribution in [1.29, 1.82) is 0 Å². The Morgan fingerprint density at radius 3 is 2.93 bits per heavy atom. The number of methoxy groups -OCH3 is 1. The van der Waals surface area contributed by atoms with Crippen molar-refractivity contribution in [2.75, 3.05) is 7.11 Å².